The fourth-order valence-electron chi connectivity index (χ4n) is 8.11. The normalized spacial score (nSPS) is 55.6. The lowest BCUT2D eigenvalue weighted by Gasteiger charge is -2.61. The fourth-order valence-corrected chi connectivity index (χ4v) is 8.11. The van der Waals surface area contributed by atoms with Gasteiger partial charge in [0, 0.05) is 0 Å². The molecule has 4 aliphatic rings. The molecule has 0 aromatic rings. The average Bonchev–Trinajstić information content (AvgIpc) is 2.90. The largest absolute Gasteiger partial charge is 0.151 e. The van der Waals surface area contributed by atoms with Gasteiger partial charge in [-0.1, -0.05) is 32.4 Å². The molecule has 0 heterocycles. The van der Waals surface area contributed by atoms with Gasteiger partial charge in [-0.25, -0.2) is 0 Å². The molecule has 0 radical (unpaired) electrons. The van der Waals surface area contributed by atoms with Crippen molar-refractivity contribution in [3.05, 3.63) is 4.91 Å². The van der Waals surface area contributed by atoms with E-state index in [1.807, 2.05) is 0 Å². The van der Waals surface area contributed by atoms with Crippen LogP contribution in [-0.2, 0) is 0 Å². The zero-order valence-corrected chi connectivity index (χ0v) is 15.4. The van der Waals surface area contributed by atoms with E-state index in [2.05, 4.69) is 25.9 Å². The second kappa shape index (κ2) is 5.56. The van der Waals surface area contributed by atoms with Crippen molar-refractivity contribution in [2.45, 2.75) is 91.0 Å². The Morgan fingerprint density at radius 1 is 0.913 bits per heavy atom. The average molecular weight is 318 g/mol. The van der Waals surface area contributed by atoms with E-state index in [1.54, 1.807) is 0 Å². The number of nitrogens with zero attached hydrogens (tertiary/aromatic N) is 1. The zero-order valence-electron chi connectivity index (χ0n) is 15.4. The van der Waals surface area contributed by atoms with Gasteiger partial charge in [0.05, 0.1) is 6.04 Å². The van der Waals surface area contributed by atoms with E-state index < -0.39 is 0 Å². The van der Waals surface area contributed by atoms with Crippen LogP contribution in [0.1, 0.15) is 85.0 Å². The van der Waals surface area contributed by atoms with Gasteiger partial charge in [0.1, 0.15) is 0 Å². The van der Waals surface area contributed by atoms with E-state index in [-0.39, 0.29) is 6.04 Å². The van der Waals surface area contributed by atoms with Crippen LogP contribution < -0.4 is 0 Å². The third-order valence-electron chi connectivity index (χ3n) is 9.48. The molecule has 23 heavy (non-hydrogen) atoms. The Morgan fingerprint density at radius 2 is 1.65 bits per heavy atom. The van der Waals surface area contributed by atoms with Gasteiger partial charge in [-0.15, -0.1) is 0 Å². The zero-order chi connectivity index (χ0) is 16.2. The summed E-state index contributed by atoms with van der Waals surface area (Å²) in [5.74, 6) is 4.66. The van der Waals surface area contributed by atoms with Crippen LogP contribution in [0.15, 0.2) is 5.18 Å². The molecule has 6 unspecified atom stereocenters. The summed E-state index contributed by atoms with van der Waals surface area (Å²) in [6.45, 7) is 7.64. The second-order valence-corrected chi connectivity index (χ2v) is 9.92. The van der Waals surface area contributed by atoms with Gasteiger partial charge in [-0.2, -0.15) is 4.91 Å². The van der Waals surface area contributed by atoms with E-state index in [0.717, 1.165) is 42.4 Å². The summed E-state index contributed by atoms with van der Waals surface area (Å²) in [6, 6.07) is 0.120. The SMILES string of the molecule is CCC1CCC2C3CCC4CC(N=O)CC[C@]4(C)C3CC[C@@]12C. The van der Waals surface area contributed by atoms with E-state index >= 15 is 0 Å². The summed E-state index contributed by atoms with van der Waals surface area (Å²) < 4.78 is 0. The van der Waals surface area contributed by atoms with Gasteiger partial charge >= 0.3 is 0 Å². The Kier molecular flexibility index (Phi) is 3.89. The molecule has 8 atom stereocenters. The molecule has 0 aromatic carbocycles. The number of nitroso groups, excluding NO2 is 1. The summed E-state index contributed by atoms with van der Waals surface area (Å²) >= 11 is 0. The van der Waals surface area contributed by atoms with Crippen LogP contribution in [0, 0.1) is 45.3 Å². The maximum atomic E-state index is 11.0. The molecule has 0 aromatic heterocycles. The molecular weight excluding hydrogens is 282 g/mol. The topological polar surface area (TPSA) is 29.4 Å². The van der Waals surface area contributed by atoms with Gasteiger partial charge in [-0.3, -0.25) is 0 Å². The lowest BCUT2D eigenvalue weighted by molar-refractivity contribution is -0.113. The van der Waals surface area contributed by atoms with Gasteiger partial charge in [0.15, 0.2) is 0 Å². The van der Waals surface area contributed by atoms with Crippen molar-refractivity contribution in [2.75, 3.05) is 0 Å². The Balaban J connectivity index is 1.59. The maximum Gasteiger partial charge on any atom is 0.0922 e. The molecule has 0 saturated heterocycles. The van der Waals surface area contributed by atoms with Crippen molar-refractivity contribution in [1.29, 1.82) is 0 Å². The van der Waals surface area contributed by atoms with Crippen molar-refractivity contribution in [3.63, 3.8) is 0 Å². The van der Waals surface area contributed by atoms with Crippen LogP contribution in [0.25, 0.3) is 0 Å². The van der Waals surface area contributed by atoms with E-state index in [9.17, 15) is 4.91 Å². The van der Waals surface area contributed by atoms with Crippen LogP contribution in [0.4, 0.5) is 0 Å². The quantitative estimate of drug-likeness (QED) is 0.558. The first-order valence-electron chi connectivity index (χ1n) is 10.4. The molecule has 4 fully saturated rings. The van der Waals surface area contributed by atoms with Crippen molar-refractivity contribution in [1.82, 2.24) is 0 Å². The highest BCUT2D eigenvalue weighted by Gasteiger charge is 2.59. The summed E-state index contributed by atoms with van der Waals surface area (Å²) in [7, 11) is 0. The van der Waals surface area contributed by atoms with Gasteiger partial charge in [0.25, 0.3) is 0 Å². The monoisotopic (exact) mass is 317 g/mol. The van der Waals surface area contributed by atoms with Gasteiger partial charge < -0.3 is 0 Å². The molecule has 2 nitrogen and oxygen atoms in total. The van der Waals surface area contributed by atoms with Crippen LogP contribution in [0.5, 0.6) is 0 Å². The molecular formula is C21H35NO. The third-order valence-corrected chi connectivity index (χ3v) is 9.48. The van der Waals surface area contributed by atoms with E-state index in [1.165, 1.54) is 51.4 Å². The smallest absolute Gasteiger partial charge is 0.0922 e. The van der Waals surface area contributed by atoms with E-state index in [4.69, 9.17) is 0 Å². The number of hydrogen-bond acceptors (Lipinski definition) is 2. The molecule has 4 rings (SSSR count). The molecule has 0 spiro atoms. The van der Waals surface area contributed by atoms with Crippen molar-refractivity contribution < 1.29 is 0 Å². The molecule has 0 amide bonds. The number of hydrogen-bond donors (Lipinski definition) is 0. The molecule has 4 saturated carbocycles. The minimum Gasteiger partial charge on any atom is -0.151 e. The van der Waals surface area contributed by atoms with Crippen LogP contribution in [-0.4, -0.2) is 6.04 Å². The highest BCUT2D eigenvalue weighted by atomic mass is 16.3. The maximum absolute atomic E-state index is 11.0. The molecule has 2 heteroatoms. The van der Waals surface area contributed by atoms with Crippen molar-refractivity contribution in [2.24, 2.45) is 45.6 Å². The van der Waals surface area contributed by atoms with Crippen LogP contribution in [0.2, 0.25) is 0 Å². The van der Waals surface area contributed by atoms with Crippen molar-refractivity contribution >= 4 is 0 Å². The summed E-state index contributed by atoms with van der Waals surface area (Å²) in [5, 5.41) is 3.41. The van der Waals surface area contributed by atoms with Gasteiger partial charge in [-0.05, 0) is 98.2 Å². The number of fused-ring (bicyclic) bond motifs is 5. The first-order valence-corrected chi connectivity index (χ1v) is 10.4. The minimum absolute atomic E-state index is 0.120. The predicted octanol–water partition coefficient (Wildman–Crippen LogP) is 6.19. The van der Waals surface area contributed by atoms with Crippen LogP contribution >= 0.6 is 0 Å². The third kappa shape index (κ3) is 2.19. The highest BCUT2D eigenvalue weighted by molar-refractivity contribution is 5.09. The summed E-state index contributed by atoms with van der Waals surface area (Å²) in [4.78, 5) is 11.0. The molecule has 130 valence electrons. The molecule has 4 aliphatic carbocycles. The first-order chi connectivity index (χ1) is 11.0. The van der Waals surface area contributed by atoms with Crippen molar-refractivity contribution in [3.8, 4) is 0 Å². The van der Waals surface area contributed by atoms with Crippen LogP contribution in [0.3, 0.4) is 0 Å². The molecule has 0 bridgehead atoms. The summed E-state index contributed by atoms with van der Waals surface area (Å²) in [6.07, 6.45) is 13.5. The molecule has 0 N–H and O–H groups in total. The predicted molar refractivity (Wildman–Crippen MR) is 95.1 cm³/mol. The lowest BCUT2D eigenvalue weighted by atomic mass is 9.44. The standard InChI is InChI=1S/C21H35NO/c1-4-14-6-8-18-17-7-5-15-13-16(22-23)9-11-21(15,3)19(17)10-12-20(14,18)2/h14-19H,4-13H2,1-3H3/t14?,15?,16?,17?,18?,19?,20-,21-/m0/s1. The number of rotatable bonds is 2. The lowest BCUT2D eigenvalue weighted by Crippen LogP contribution is -2.53. The van der Waals surface area contributed by atoms with Gasteiger partial charge in [0.2, 0.25) is 0 Å². The fraction of sp³-hybridized carbons (Fsp3) is 1.00. The minimum atomic E-state index is 0.120. The Morgan fingerprint density at radius 3 is 2.39 bits per heavy atom. The van der Waals surface area contributed by atoms with E-state index in [0.29, 0.717) is 10.8 Å². The Bertz CT molecular complexity index is 476. The highest BCUT2D eigenvalue weighted by Crippen LogP contribution is 2.67. The Hall–Kier alpha value is -0.400. The summed E-state index contributed by atoms with van der Waals surface area (Å²) in [5.41, 5.74) is 1.15. The molecule has 0 aliphatic heterocycles. The second-order valence-electron chi connectivity index (χ2n) is 9.92. The first kappa shape index (κ1) is 16.1. The Labute approximate surface area is 142 Å².